The van der Waals surface area contributed by atoms with E-state index in [9.17, 15) is 14.4 Å². The van der Waals surface area contributed by atoms with E-state index >= 15 is 0 Å². The summed E-state index contributed by atoms with van der Waals surface area (Å²) in [6, 6.07) is 15.2. The Bertz CT molecular complexity index is 1200. The third-order valence-electron chi connectivity index (χ3n) is 8.19. The van der Waals surface area contributed by atoms with Gasteiger partial charge in [-0.1, -0.05) is 67.9 Å². The van der Waals surface area contributed by atoms with Gasteiger partial charge in [-0.25, -0.2) is 4.79 Å². The zero-order valence-electron chi connectivity index (χ0n) is 25.0. The molecule has 1 aliphatic carbocycles. The largest absolute Gasteiger partial charge is 0.424 e. The molecule has 2 aromatic carbocycles. The lowest BCUT2D eigenvalue weighted by Gasteiger charge is -2.42. The lowest BCUT2D eigenvalue weighted by molar-refractivity contribution is -0.153. The number of nitrogens with one attached hydrogen (secondary N) is 3. The second-order valence-electron chi connectivity index (χ2n) is 11.6. The number of hydrogen-bond acceptors (Lipinski definition) is 6. The number of piperazine rings is 1. The zero-order valence-corrected chi connectivity index (χ0v) is 25.0. The summed E-state index contributed by atoms with van der Waals surface area (Å²) in [4.78, 5) is 43.7. The second kappa shape index (κ2) is 14.0. The minimum absolute atomic E-state index is 0.130. The quantitative estimate of drug-likeness (QED) is 0.432. The van der Waals surface area contributed by atoms with Crippen LogP contribution in [0.5, 0.6) is 0 Å². The molecule has 0 radical (unpaired) electrons. The lowest BCUT2D eigenvalue weighted by atomic mass is 9.88. The molecule has 1 saturated heterocycles. The molecule has 1 unspecified atom stereocenters. The Morgan fingerprint density at radius 2 is 1.76 bits per heavy atom. The maximum absolute atomic E-state index is 13.9. The number of hydrogen-bond donors (Lipinski definition) is 3. The van der Waals surface area contributed by atoms with Gasteiger partial charge in [0.15, 0.2) is 6.23 Å². The number of ether oxygens (including phenoxy) is 1. The van der Waals surface area contributed by atoms with Crippen LogP contribution in [0.15, 0.2) is 48.5 Å². The summed E-state index contributed by atoms with van der Waals surface area (Å²) < 4.78 is 6.02. The molecule has 2 aromatic rings. The van der Waals surface area contributed by atoms with Gasteiger partial charge in [-0.2, -0.15) is 0 Å². The van der Waals surface area contributed by atoms with Crippen molar-refractivity contribution >= 4 is 17.9 Å². The molecule has 0 saturated carbocycles. The number of fused-ring (bicyclic) bond motifs is 1. The fourth-order valence-electron chi connectivity index (χ4n) is 5.56. The van der Waals surface area contributed by atoms with Crippen LogP contribution in [-0.4, -0.2) is 72.7 Å². The second-order valence-corrected chi connectivity index (χ2v) is 11.6. The number of carbonyl (C=O) groups is 3. The molecule has 9 nitrogen and oxygen atoms in total. The third kappa shape index (κ3) is 7.86. The van der Waals surface area contributed by atoms with Crippen molar-refractivity contribution in [2.75, 3.05) is 26.7 Å². The van der Waals surface area contributed by atoms with Crippen molar-refractivity contribution in [3.05, 3.63) is 70.8 Å². The molecular weight excluding hydrogens is 518 g/mol. The summed E-state index contributed by atoms with van der Waals surface area (Å²) >= 11 is 0. The van der Waals surface area contributed by atoms with E-state index in [1.54, 1.807) is 18.9 Å². The molecule has 222 valence electrons. The molecule has 3 N–H and O–H groups in total. The van der Waals surface area contributed by atoms with Crippen molar-refractivity contribution in [1.82, 2.24) is 25.8 Å². The van der Waals surface area contributed by atoms with Gasteiger partial charge in [0, 0.05) is 19.6 Å². The minimum atomic E-state index is -0.791. The van der Waals surface area contributed by atoms with Crippen LogP contribution < -0.4 is 16.0 Å². The summed E-state index contributed by atoms with van der Waals surface area (Å²) in [5.74, 6) is -0.634. The summed E-state index contributed by atoms with van der Waals surface area (Å²) in [5.41, 5.74) is 4.72. The van der Waals surface area contributed by atoms with Gasteiger partial charge in [0.25, 0.3) is 0 Å². The van der Waals surface area contributed by atoms with Gasteiger partial charge < -0.3 is 25.6 Å². The number of rotatable bonds is 9. The number of alkyl carbamates (subject to hydrolysis) is 1. The molecule has 0 aromatic heterocycles. The summed E-state index contributed by atoms with van der Waals surface area (Å²) in [6.07, 6.45) is 1.49. The lowest BCUT2D eigenvalue weighted by Crippen LogP contribution is -2.62. The first kappa shape index (κ1) is 30.5. The van der Waals surface area contributed by atoms with Crippen molar-refractivity contribution in [3.8, 4) is 0 Å². The fourth-order valence-corrected chi connectivity index (χ4v) is 5.56. The van der Waals surface area contributed by atoms with Gasteiger partial charge in [0.2, 0.25) is 11.8 Å². The summed E-state index contributed by atoms with van der Waals surface area (Å²) in [6.45, 7) is 9.69. The Balaban J connectivity index is 1.51. The van der Waals surface area contributed by atoms with Gasteiger partial charge in [-0.3, -0.25) is 14.5 Å². The van der Waals surface area contributed by atoms with E-state index < -0.39 is 24.4 Å². The van der Waals surface area contributed by atoms with Gasteiger partial charge in [-0.15, -0.1) is 0 Å². The van der Waals surface area contributed by atoms with Crippen molar-refractivity contribution in [3.63, 3.8) is 0 Å². The third-order valence-corrected chi connectivity index (χ3v) is 8.19. The van der Waals surface area contributed by atoms with Gasteiger partial charge in [-0.05, 0) is 62.8 Å². The molecule has 0 spiro atoms. The van der Waals surface area contributed by atoms with E-state index in [0.717, 1.165) is 30.4 Å². The normalized spacial score (nSPS) is 20.6. The van der Waals surface area contributed by atoms with E-state index in [4.69, 9.17) is 4.74 Å². The van der Waals surface area contributed by atoms with Crippen molar-refractivity contribution in [1.29, 1.82) is 0 Å². The molecule has 0 bridgehead atoms. The van der Waals surface area contributed by atoms with E-state index in [2.05, 4.69) is 64.2 Å². The van der Waals surface area contributed by atoms with Crippen LogP contribution >= 0.6 is 0 Å². The van der Waals surface area contributed by atoms with Crippen LogP contribution in [0.3, 0.4) is 0 Å². The molecule has 4 atom stereocenters. The van der Waals surface area contributed by atoms with Gasteiger partial charge in [0.1, 0.15) is 6.04 Å². The molecule has 2 aliphatic rings. The number of likely N-dealkylation sites (N-methyl/N-ethyl adjacent to an activating group) is 1. The van der Waals surface area contributed by atoms with Crippen LogP contribution in [0.4, 0.5) is 4.79 Å². The van der Waals surface area contributed by atoms with Crippen LogP contribution in [0.2, 0.25) is 0 Å². The highest BCUT2D eigenvalue weighted by atomic mass is 16.6. The number of benzene rings is 2. The number of nitrogens with zero attached hydrogens (tertiary/aromatic N) is 2. The molecular formula is C32H45N5O4. The maximum Gasteiger partial charge on any atom is 0.409 e. The predicted octanol–water partition coefficient (Wildman–Crippen LogP) is 3.52. The highest BCUT2D eigenvalue weighted by Crippen LogP contribution is 2.29. The minimum Gasteiger partial charge on any atom is -0.424 e. The highest BCUT2D eigenvalue weighted by Gasteiger charge is 2.38. The fraction of sp³-hybridized carbons (Fsp3) is 0.531. The first-order valence-corrected chi connectivity index (χ1v) is 14.8. The van der Waals surface area contributed by atoms with Crippen LogP contribution in [0.25, 0.3) is 0 Å². The molecule has 9 heteroatoms. The molecule has 3 amide bonds. The number of amides is 3. The Morgan fingerprint density at radius 1 is 1.02 bits per heavy atom. The molecule has 41 heavy (non-hydrogen) atoms. The standard InChI is InChI=1S/C32H45N5O4/c1-21(2)29(35-30(38)23(4)33-5)31(39)37-18-17-36(19-24-15-13-22(3)14-16-24)20-28(37)41-32(40)34-27-12-8-10-25-9-6-7-11-26(25)27/h6-7,9,11,13-16,21,23,27-29,33H,8,10,12,17-20H2,1-5H3,(H,34,40)(H,35,38)/t23-,27?,28-,29-/m0/s1. The van der Waals surface area contributed by atoms with Crippen LogP contribution in [0, 0.1) is 12.8 Å². The Labute approximate surface area is 244 Å². The Morgan fingerprint density at radius 3 is 2.46 bits per heavy atom. The molecule has 1 fully saturated rings. The van der Waals surface area contributed by atoms with Crippen molar-refractivity contribution < 1.29 is 19.1 Å². The van der Waals surface area contributed by atoms with Crippen molar-refractivity contribution in [2.24, 2.45) is 5.92 Å². The predicted molar refractivity (Wildman–Crippen MR) is 159 cm³/mol. The van der Waals surface area contributed by atoms with Gasteiger partial charge in [0.05, 0.1) is 18.6 Å². The summed E-state index contributed by atoms with van der Waals surface area (Å²) in [7, 11) is 1.71. The first-order chi connectivity index (χ1) is 19.7. The van der Waals surface area contributed by atoms with Crippen LogP contribution in [-0.2, 0) is 27.3 Å². The molecule has 4 rings (SSSR count). The van der Waals surface area contributed by atoms with E-state index in [-0.39, 0.29) is 23.8 Å². The molecule has 1 aliphatic heterocycles. The SMILES string of the molecule is CN[C@@H](C)C(=O)N[C@H](C(=O)N1CCN(Cc2ccc(C)cc2)C[C@@H]1OC(=O)NC1CCCc2ccccc21)C(C)C. The van der Waals surface area contributed by atoms with E-state index in [0.29, 0.717) is 26.2 Å². The monoisotopic (exact) mass is 563 g/mol. The number of carbonyl (C=O) groups excluding carboxylic acids is 3. The van der Waals surface area contributed by atoms with Crippen molar-refractivity contribution in [2.45, 2.75) is 77.9 Å². The van der Waals surface area contributed by atoms with E-state index in [1.165, 1.54) is 11.1 Å². The first-order valence-electron chi connectivity index (χ1n) is 14.8. The summed E-state index contributed by atoms with van der Waals surface area (Å²) in [5, 5.41) is 8.89. The maximum atomic E-state index is 13.9. The average molecular weight is 564 g/mol. The average Bonchev–Trinajstić information content (AvgIpc) is 2.96. The smallest absolute Gasteiger partial charge is 0.409 e. The van der Waals surface area contributed by atoms with E-state index in [1.807, 2.05) is 26.0 Å². The van der Waals surface area contributed by atoms with Gasteiger partial charge >= 0.3 is 6.09 Å². The topological polar surface area (TPSA) is 103 Å². The zero-order chi connectivity index (χ0) is 29.5. The molecule has 1 heterocycles. The number of aryl methyl sites for hydroxylation is 2. The highest BCUT2D eigenvalue weighted by molar-refractivity contribution is 5.90. The van der Waals surface area contributed by atoms with Crippen LogP contribution in [0.1, 0.15) is 61.9 Å². The Kier molecular flexibility index (Phi) is 10.4. The Hall–Kier alpha value is -3.43.